The first-order valence-corrected chi connectivity index (χ1v) is 8.66. The number of sulfonamides is 1. The van der Waals surface area contributed by atoms with Crippen molar-refractivity contribution in [3.63, 3.8) is 0 Å². The quantitative estimate of drug-likeness (QED) is 0.778. The van der Waals surface area contributed by atoms with Gasteiger partial charge in [-0.3, -0.25) is 9.78 Å². The summed E-state index contributed by atoms with van der Waals surface area (Å²) < 4.78 is 26.1. The molecule has 2 aromatic rings. The lowest BCUT2D eigenvalue weighted by atomic mass is 10.1. The summed E-state index contributed by atoms with van der Waals surface area (Å²) in [7, 11) is -3.66. The van der Waals surface area contributed by atoms with Gasteiger partial charge >= 0.3 is 0 Å². The minimum absolute atomic E-state index is 0.0523. The lowest BCUT2D eigenvalue weighted by Crippen LogP contribution is -2.27. The van der Waals surface area contributed by atoms with Crippen molar-refractivity contribution in [3.8, 4) is 12.3 Å². The van der Waals surface area contributed by atoms with Crippen LogP contribution in [0.3, 0.4) is 0 Å². The predicted molar refractivity (Wildman–Crippen MR) is 90.6 cm³/mol. The maximum atomic E-state index is 12.2. The van der Waals surface area contributed by atoms with Crippen molar-refractivity contribution in [1.82, 2.24) is 15.0 Å². The van der Waals surface area contributed by atoms with Crippen LogP contribution < -0.4 is 10.0 Å². The van der Waals surface area contributed by atoms with E-state index in [2.05, 4.69) is 20.9 Å². The van der Waals surface area contributed by atoms with Gasteiger partial charge < -0.3 is 5.32 Å². The number of benzene rings is 1. The van der Waals surface area contributed by atoms with E-state index < -0.39 is 10.0 Å². The lowest BCUT2D eigenvalue weighted by Gasteiger charge is -2.14. The van der Waals surface area contributed by atoms with E-state index in [0.717, 1.165) is 5.56 Å². The summed E-state index contributed by atoms with van der Waals surface area (Å²) in [4.78, 5) is 16.2. The summed E-state index contributed by atoms with van der Waals surface area (Å²) in [6, 6.07) is 9.09. The van der Waals surface area contributed by atoms with Crippen LogP contribution in [0.15, 0.2) is 53.7 Å². The summed E-state index contributed by atoms with van der Waals surface area (Å²) in [5, 5.41) is 2.85. The van der Waals surface area contributed by atoms with Crippen molar-refractivity contribution in [3.05, 3.63) is 59.9 Å². The molecule has 2 rings (SSSR count). The first-order chi connectivity index (χ1) is 11.4. The van der Waals surface area contributed by atoms with Crippen LogP contribution in [-0.4, -0.2) is 25.9 Å². The van der Waals surface area contributed by atoms with E-state index in [1.165, 1.54) is 24.3 Å². The highest BCUT2D eigenvalue weighted by Crippen LogP contribution is 2.14. The molecule has 1 unspecified atom stereocenters. The summed E-state index contributed by atoms with van der Waals surface area (Å²) in [5.74, 6) is 1.91. The third-order valence-corrected chi connectivity index (χ3v) is 4.76. The van der Waals surface area contributed by atoms with Crippen molar-refractivity contribution in [2.75, 3.05) is 6.54 Å². The number of hydrogen-bond acceptors (Lipinski definition) is 4. The Labute approximate surface area is 141 Å². The third-order valence-electron chi connectivity index (χ3n) is 3.34. The number of terminal acetylenes is 1. The Hall–Kier alpha value is -2.69. The SMILES string of the molecule is C#CCNS(=O)(=O)c1ccc(C(=O)NC(C)c2ccncc2)cc1. The van der Waals surface area contributed by atoms with Crippen LogP contribution in [0.4, 0.5) is 0 Å². The Kier molecular flexibility index (Phi) is 5.68. The molecule has 24 heavy (non-hydrogen) atoms. The molecule has 0 radical (unpaired) electrons. The highest BCUT2D eigenvalue weighted by molar-refractivity contribution is 7.89. The molecule has 1 aromatic carbocycles. The highest BCUT2D eigenvalue weighted by atomic mass is 32.2. The number of rotatable bonds is 6. The predicted octanol–water partition coefficient (Wildman–Crippen LogP) is 1.48. The molecule has 0 spiro atoms. The van der Waals surface area contributed by atoms with Crippen LogP contribution in [0.25, 0.3) is 0 Å². The van der Waals surface area contributed by atoms with Gasteiger partial charge in [0.2, 0.25) is 10.0 Å². The number of pyridine rings is 1. The van der Waals surface area contributed by atoms with Gasteiger partial charge in [0.25, 0.3) is 5.91 Å². The minimum Gasteiger partial charge on any atom is -0.346 e. The van der Waals surface area contributed by atoms with Gasteiger partial charge in [0.15, 0.2) is 0 Å². The van der Waals surface area contributed by atoms with Crippen LogP contribution in [0.5, 0.6) is 0 Å². The normalized spacial score (nSPS) is 12.2. The Morgan fingerprint density at radius 2 is 1.83 bits per heavy atom. The van der Waals surface area contributed by atoms with E-state index in [4.69, 9.17) is 6.42 Å². The average molecular weight is 343 g/mol. The molecule has 6 nitrogen and oxygen atoms in total. The van der Waals surface area contributed by atoms with Gasteiger partial charge in [0.05, 0.1) is 17.5 Å². The van der Waals surface area contributed by atoms with Gasteiger partial charge in [0.1, 0.15) is 0 Å². The number of hydrogen-bond donors (Lipinski definition) is 2. The Morgan fingerprint density at radius 3 is 2.42 bits per heavy atom. The fourth-order valence-electron chi connectivity index (χ4n) is 2.02. The summed E-state index contributed by atoms with van der Waals surface area (Å²) in [5.41, 5.74) is 1.29. The van der Waals surface area contributed by atoms with E-state index in [1.807, 2.05) is 19.1 Å². The van der Waals surface area contributed by atoms with Crippen molar-refractivity contribution >= 4 is 15.9 Å². The summed E-state index contributed by atoms with van der Waals surface area (Å²) >= 11 is 0. The van der Waals surface area contributed by atoms with E-state index >= 15 is 0 Å². The van der Waals surface area contributed by atoms with E-state index in [0.29, 0.717) is 5.56 Å². The molecule has 0 aliphatic heterocycles. The molecule has 1 aromatic heterocycles. The molecular formula is C17H17N3O3S. The second-order valence-corrected chi connectivity index (χ2v) is 6.80. The minimum atomic E-state index is -3.66. The monoisotopic (exact) mass is 343 g/mol. The maximum Gasteiger partial charge on any atom is 0.251 e. The molecule has 1 heterocycles. The average Bonchev–Trinajstić information content (AvgIpc) is 2.60. The second kappa shape index (κ2) is 7.73. The van der Waals surface area contributed by atoms with Gasteiger partial charge in [-0.1, -0.05) is 5.92 Å². The number of carbonyl (C=O) groups excluding carboxylic acids is 1. The summed E-state index contributed by atoms with van der Waals surface area (Å²) in [6.07, 6.45) is 8.35. The van der Waals surface area contributed by atoms with Gasteiger partial charge in [0, 0.05) is 18.0 Å². The van der Waals surface area contributed by atoms with Crippen LogP contribution in [0.1, 0.15) is 28.9 Å². The smallest absolute Gasteiger partial charge is 0.251 e. The molecule has 1 amide bonds. The molecule has 2 N–H and O–H groups in total. The first kappa shape index (κ1) is 17.7. The van der Waals surface area contributed by atoms with Crippen LogP contribution >= 0.6 is 0 Å². The van der Waals surface area contributed by atoms with E-state index in [1.54, 1.807) is 12.4 Å². The number of nitrogens with zero attached hydrogens (tertiary/aromatic N) is 1. The van der Waals surface area contributed by atoms with E-state index in [9.17, 15) is 13.2 Å². The van der Waals surface area contributed by atoms with Crippen LogP contribution in [0.2, 0.25) is 0 Å². The van der Waals surface area contributed by atoms with Gasteiger partial charge in [-0.2, -0.15) is 4.72 Å². The Bertz CT molecular complexity index is 841. The number of aromatic nitrogens is 1. The Morgan fingerprint density at radius 1 is 1.21 bits per heavy atom. The highest BCUT2D eigenvalue weighted by Gasteiger charge is 2.15. The maximum absolute atomic E-state index is 12.2. The van der Waals surface area contributed by atoms with Crippen LogP contribution in [-0.2, 0) is 10.0 Å². The second-order valence-electron chi connectivity index (χ2n) is 5.03. The van der Waals surface area contributed by atoms with Crippen molar-refractivity contribution in [2.24, 2.45) is 0 Å². The van der Waals surface area contributed by atoms with Crippen molar-refractivity contribution in [1.29, 1.82) is 0 Å². The number of nitrogens with one attached hydrogen (secondary N) is 2. The zero-order valence-corrected chi connectivity index (χ0v) is 13.9. The van der Waals surface area contributed by atoms with Gasteiger partial charge in [-0.25, -0.2) is 8.42 Å². The Balaban J connectivity index is 2.08. The largest absolute Gasteiger partial charge is 0.346 e. The van der Waals surface area contributed by atoms with Gasteiger partial charge in [-0.05, 0) is 48.9 Å². The molecule has 0 fully saturated rings. The van der Waals surface area contributed by atoms with E-state index in [-0.39, 0.29) is 23.4 Å². The fourth-order valence-corrected chi connectivity index (χ4v) is 2.96. The molecule has 1 atom stereocenters. The number of amides is 1. The lowest BCUT2D eigenvalue weighted by molar-refractivity contribution is 0.0939. The topological polar surface area (TPSA) is 88.2 Å². The zero-order chi connectivity index (χ0) is 17.6. The van der Waals surface area contributed by atoms with Crippen LogP contribution in [0, 0.1) is 12.3 Å². The van der Waals surface area contributed by atoms with Crippen molar-refractivity contribution in [2.45, 2.75) is 17.9 Å². The van der Waals surface area contributed by atoms with Crippen molar-refractivity contribution < 1.29 is 13.2 Å². The van der Waals surface area contributed by atoms with Gasteiger partial charge in [-0.15, -0.1) is 6.42 Å². The third kappa shape index (κ3) is 4.41. The zero-order valence-electron chi connectivity index (χ0n) is 13.1. The first-order valence-electron chi connectivity index (χ1n) is 7.18. The fraction of sp³-hybridized carbons (Fsp3) is 0.176. The summed E-state index contributed by atoms with van der Waals surface area (Å²) in [6.45, 7) is 1.77. The standard InChI is InChI=1S/C17H17N3O3S/c1-3-10-19-24(22,23)16-6-4-15(5-7-16)17(21)20-13(2)14-8-11-18-12-9-14/h1,4-9,11-13,19H,10H2,2H3,(H,20,21). The molecule has 0 aliphatic carbocycles. The number of carbonyl (C=O) groups is 1. The molecular weight excluding hydrogens is 326 g/mol. The molecule has 7 heteroatoms. The molecule has 0 bridgehead atoms. The molecule has 124 valence electrons. The molecule has 0 saturated carbocycles. The molecule has 0 saturated heterocycles. The molecule has 0 aliphatic rings.